The Labute approximate surface area is 208 Å². The number of ether oxygens (including phenoxy) is 2. The molecule has 0 aliphatic heterocycles. The van der Waals surface area contributed by atoms with Crippen molar-refractivity contribution < 1.29 is 24.5 Å². The summed E-state index contributed by atoms with van der Waals surface area (Å²) in [6.45, 7) is 12.5. The van der Waals surface area contributed by atoms with E-state index in [2.05, 4.69) is 39.1 Å². The zero-order valence-electron chi connectivity index (χ0n) is 21.7. The summed E-state index contributed by atoms with van der Waals surface area (Å²) in [5.41, 5.74) is 4.95. The minimum absolute atomic E-state index is 0.0601. The van der Waals surface area contributed by atoms with Gasteiger partial charge in [-0.25, -0.2) is 4.79 Å². The number of carbonyl (C=O) groups is 1. The molecule has 6 nitrogen and oxygen atoms in total. The number of aryl methyl sites for hydroxylation is 2. The van der Waals surface area contributed by atoms with Gasteiger partial charge in [-0.05, 0) is 77.8 Å². The summed E-state index contributed by atoms with van der Waals surface area (Å²) in [5, 5.41) is 21.6. The van der Waals surface area contributed by atoms with E-state index in [1.54, 1.807) is 12.1 Å². The number of methoxy groups -OCH3 is 1. The highest BCUT2D eigenvalue weighted by Crippen LogP contribution is 2.27. The number of phenols is 2. The Hall–Kier alpha value is -3.67. The third-order valence-electron chi connectivity index (χ3n) is 5.66. The third-order valence-corrected chi connectivity index (χ3v) is 5.66. The summed E-state index contributed by atoms with van der Waals surface area (Å²) in [7, 11) is 1.48. The van der Waals surface area contributed by atoms with Crippen molar-refractivity contribution in [2.75, 3.05) is 7.11 Å². The van der Waals surface area contributed by atoms with E-state index >= 15 is 0 Å². The molecule has 188 valence electrons. The molecule has 0 spiro atoms. The zero-order valence-corrected chi connectivity index (χ0v) is 21.7. The van der Waals surface area contributed by atoms with Gasteiger partial charge in [0.15, 0.2) is 11.5 Å². The number of nitrogens with one attached hydrogen (secondary N) is 1. The lowest BCUT2D eigenvalue weighted by Gasteiger charge is -2.12. The summed E-state index contributed by atoms with van der Waals surface area (Å²) >= 11 is 0. The molecule has 0 aromatic heterocycles. The molecule has 0 saturated heterocycles. The summed E-state index contributed by atoms with van der Waals surface area (Å²) in [5.74, 6) is 2.23. The van der Waals surface area contributed by atoms with Crippen molar-refractivity contribution in [1.82, 2.24) is 5.32 Å². The molecule has 0 bridgehead atoms. The van der Waals surface area contributed by atoms with Crippen molar-refractivity contribution in [1.29, 1.82) is 0 Å². The monoisotopic (exact) mass is 479 g/mol. The van der Waals surface area contributed by atoms with Gasteiger partial charge < -0.3 is 25.0 Å². The van der Waals surface area contributed by atoms with Crippen LogP contribution in [0.1, 0.15) is 67.3 Å². The van der Waals surface area contributed by atoms with Gasteiger partial charge in [0, 0.05) is 6.54 Å². The molecule has 3 N–H and O–H groups in total. The maximum atomic E-state index is 12.0. The molecule has 0 fully saturated rings. The van der Waals surface area contributed by atoms with Crippen molar-refractivity contribution >= 4 is 6.09 Å². The van der Waals surface area contributed by atoms with E-state index in [-0.39, 0.29) is 12.3 Å². The third kappa shape index (κ3) is 8.25. The zero-order chi connectivity index (χ0) is 26.1. The Kier molecular flexibility index (Phi) is 10.0. The van der Waals surface area contributed by atoms with E-state index in [4.69, 9.17) is 9.47 Å². The van der Waals surface area contributed by atoms with Crippen LogP contribution in [0.5, 0.6) is 23.0 Å². The van der Waals surface area contributed by atoms with E-state index in [1.165, 1.54) is 18.7 Å². The van der Waals surface area contributed by atoms with Crippen molar-refractivity contribution in [3.05, 3.63) is 82.4 Å². The van der Waals surface area contributed by atoms with Crippen LogP contribution in [0.3, 0.4) is 0 Å². The first-order chi connectivity index (χ1) is 16.5. The topological polar surface area (TPSA) is 88.0 Å². The summed E-state index contributed by atoms with van der Waals surface area (Å²) < 4.78 is 10.5. The molecule has 0 saturated carbocycles. The van der Waals surface area contributed by atoms with Crippen LogP contribution in [0.15, 0.2) is 54.6 Å². The standard InChI is InChI=1S/C19H23NO4.C10H14O/c1-12(2)15-7-5-13(3)17(10-15)24-19(22)20-11-14-6-8-16(21)18(9-14)23-4;1-7(2)9-5-4-8(3)10(11)6-9/h5-10,12,21H,11H2,1-4H3,(H,20,22);4-7,11H,1-3H3. The number of aromatic hydroxyl groups is 2. The molecule has 1 amide bonds. The number of benzene rings is 3. The fourth-order valence-corrected chi connectivity index (χ4v) is 3.21. The predicted molar refractivity (Wildman–Crippen MR) is 140 cm³/mol. The molecule has 0 radical (unpaired) electrons. The van der Waals surface area contributed by atoms with Crippen molar-refractivity contribution in [3.63, 3.8) is 0 Å². The fourth-order valence-electron chi connectivity index (χ4n) is 3.21. The van der Waals surface area contributed by atoms with Crippen molar-refractivity contribution in [2.24, 2.45) is 0 Å². The first-order valence-electron chi connectivity index (χ1n) is 11.7. The molecule has 0 heterocycles. The first-order valence-corrected chi connectivity index (χ1v) is 11.7. The van der Waals surface area contributed by atoms with Gasteiger partial charge in [0.1, 0.15) is 11.5 Å². The van der Waals surface area contributed by atoms with Crippen LogP contribution in [0, 0.1) is 13.8 Å². The second-order valence-corrected chi connectivity index (χ2v) is 9.13. The molecule has 0 aliphatic rings. The average Bonchev–Trinajstić information content (AvgIpc) is 2.81. The van der Waals surface area contributed by atoms with Gasteiger partial charge in [0.25, 0.3) is 0 Å². The maximum absolute atomic E-state index is 12.0. The van der Waals surface area contributed by atoms with Crippen LogP contribution in [-0.2, 0) is 6.54 Å². The van der Waals surface area contributed by atoms with E-state index in [9.17, 15) is 15.0 Å². The Balaban J connectivity index is 0.000000328. The van der Waals surface area contributed by atoms with Crippen LogP contribution in [0.25, 0.3) is 0 Å². The van der Waals surface area contributed by atoms with Gasteiger partial charge in [-0.1, -0.05) is 58.0 Å². The van der Waals surface area contributed by atoms with Gasteiger partial charge in [-0.2, -0.15) is 0 Å². The number of phenolic OH excluding ortho intramolecular Hbond substituents is 2. The molecular weight excluding hydrogens is 442 g/mol. The molecule has 3 aromatic rings. The highest BCUT2D eigenvalue weighted by molar-refractivity contribution is 5.71. The quantitative estimate of drug-likeness (QED) is 0.356. The van der Waals surface area contributed by atoms with E-state index in [0.717, 1.165) is 22.3 Å². The average molecular weight is 480 g/mol. The lowest BCUT2D eigenvalue weighted by Crippen LogP contribution is -2.26. The van der Waals surface area contributed by atoms with Crippen LogP contribution >= 0.6 is 0 Å². The van der Waals surface area contributed by atoms with Gasteiger partial charge >= 0.3 is 6.09 Å². The van der Waals surface area contributed by atoms with Crippen LogP contribution in [0.4, 0.5) is 4.79 Å². The Morgan fingerprint density at radius 1 is 0.800 bits per heavy atom. The van der Waals surface area contributed by atoms with Crippen molar-refractivity contribution in [2.45, 2.75) is 59.9 Å². The lowest BCUT2D eigenvalue weighted by molar-refractivity contribution is 0.199. The molecule has 3 aromatic carbocycles. The van der Waals surface area contributed by atoms with E-state index < -0.39 is 6.09 Å². The van der Waals surface area contributed by atoms with Gasteiger partial charge in [-0.3, -0.25) is 0 Å². The number of rotatable bonds is 6. The van der Waals surface area contributed by atoms with E-state index in [1.807, 2.05) is 44.2 Å². The Morgan fingerprint density at radius 2 is 1.40 bits per heavy atom. The summed E-state index contributed by atoms with van der Waals surface area (Å²) in [6, 6.07) is 16.6. The fraction of sp³-hybridized carbons (Fsp3) is 0.345. The number of amides is 1. The first kappa shape index (κ1) is 27.6. The maximum Gasteiger partial charge on any atom is 0.412 e. The summed E-state index contributed by atoms with van der Waals surface area (Å²) in [4.78, 5) is 12.0. The Bertz CT molecular complexity index is 1140. The molecule has 3 rings (SSSR count). The number of carbonyl (C=O) groups excluding carboxylic acids is 1. The lowest BCUT2D eigenvalue weighted by atomic mass is 10.0. The molecule has 35 heavy (non-hydrogen) atoms. The molecule has 0 atom stereocenters. The second kappa shape index (κ2) is 12.7. The molecule has 6 heteroatoms. The van der Waals surface area contributed by atoms with Gasteiger partial charge in [-0.15, -0.1) is 0 Å². The molecule has 0 unspecified atom stereocenters. The Morgan fingerprint density at radius 3 is 1.97 bits per heavy atom. The molecule has 0 aliphatic carbocycles. The van der Waals surface area contributed by atoms with Crippen LogP contribution in [0.2, 0.25) is 0 Å². The van der Waals surface area contributed by atoms with Crippen LogP contribution < -0.4 is 14.8 Å². The number of hydrogen-bond donors (Lipinski definition) is 3. The summed E-state index contributed by atoms with van der Waals surface area (Å²) in [6.07, 6.45) is -0.522. The second-order valence-electron chi connectivity index (χ2n) is 9.13. The highest BCUT2D eigenvalue weighted by Gasteiger charge is 2.10. The van der Waals surface area contributed by atoms with E-state index in [0.29, 0.717) is 29.1 Å². The van der Waals surface area contributed by atoms with Crippen LogP contribution in [-0.4, -0.2) is 23.4 Å². The normalized spacial score (nSPS) is 10.5. The minimum atomic E-state index is -0.522. The predicted octanol–water partition coefficient (Wildman–Crippen LogP) is 6.95. The minimum Gasteiger partial charge on any atom is -0.508 e. The molecular formula is C29H37NO5. The highest BCUT2D eigenvalue weighted by atomic mass is 16.6. The number of hydrogen-bond acceptors (Lipinski definition) is 5. The van der Waals surface area contributed by atoms with Crippen molar-refractivity contribution in [3.8, 4) is 23.0 Å². The smallest absolute Gasteiger partial charge is 0.412 e. The van der Waals surface area contributed by atoms with Gasteiger partial charge in [0.2, 0.25) is 0 Å². The largest absolute Gasteiger partial charge is 0.508 e. The SMILES string of the molecule is COc1cc(CNC(=O)Oc2cc(C(C)C)ccc2C)ccc1O.Cc1ccc(C(C)C)cc1O. The van der Waals surface area contributed by atoms with Gasteiger partial charge in [0.05, 0.1) is 7.11 Å².